The standard InChI is InChI=1S/C16H26O7/c1-8-3-4-10(11(18)5-8)9(2)7-22-16-15(21)14(20)13(19)12(6-17)23-16/h8,12-17,19-21H,3-7H2,1-2H3/b10-9+/t8-,12-,13-,14+,15-,16-/m1/s1. The summed E-state index contributed by atoms with van der Waals surface area (Å²) in [5, 5.41) is 38.5. The van der Waals surface area contributed by atoms with Crippen LogP contribution in [0.1, 0.15) is 33.1 Å². The van der Waals surface area contributed by atoms with Crippen molar-refractivity contribution in [3.8, 4) is 0 Å². The summed E-state index contributed by atoms with van der Waals surface area (Å²) in [6.07, 6.45) is -4.25. The molecule has 0 bridgehead atoms. The Labute approximate surface area is 135 Å². The zero-order chi connectivity index (χ0) is 17.1. The number of rotatable bonds is 4. The maximum Gasteiger partial charge on any atom is 0.187 e. The van der Waals surface area contributed by atoms with Gasteiger partial charge in [-0.3, -0.25) is 4.79 Å². The van der Waals surface area contributed by atoms with E-state index in [9.17, 15) is 20.1 Å². The highest BCUT2D eigenvalue weighted by Crippen LogP contribution is 2.28. The summed E-state index contributed by atoms with van der Waals surface area (Å²) < 4.78 is 10.7. The van der Waals surface area contributed by atoms with Gasteiger partial charge in [0.25, 0.3) is 0 Å². The lowest BCUT2D eigenvalue weighted by Gasteiger charge is -2.39. The predicted molar refractivity (Wildman–Crippen MR) is 80.4 cm³/mol. The Balaban J connectivity index is 1.98. The van der Waals surface area contributed by atoms with Crippen LogP contribution in [0.2, 0.25) is 0 Å². The molecule has 2 rings (SSSR count). The van der Waals surface area contributed by atoms with Crippen molar-refractivity contribution in [1.29, 1.82) is 0 Å². The van der Waals surface area contributed by atoms with Crippen LogP contribution in [-0.4, -0.2) is 70.1 Å². The van der Waals surface area contributed by atoms with Crippen LogP contribution in [0.5, 0.6) is 0 Å². The number of aliphatic hydroxyl groups is 4. The van der Waals surface area contributed by atoms with Gasteiger partial charge < -0.3 is 29.9 Å². The zero-order valence-electron chi connectivity index (χ0n) is 13.5. The monoisotopic (exact) mass is 330 g/mol. The van der Waals surface area contributed by atoms with Crippen molar-refractivity contribution in [3.63, 3.8) is 0 Å². The van der Waals surface area contributed by atoms with Gasteiger partial charge in [-0.2, -0.15) is 0 Å². The van der Waals surface area contributed by atoms with Crippen LogP contribution in [-0.2, 0) is 14.3 Å². The summed E-state index contributed by atoms with van der Waals surface area (Å²) in [5.74, 6) is 0.518. The Morgan fingerprint density at radius 2 is 1.96 bits per heavy atom. The van der Waals surface area contributed by atoms with Crippen molar-refractivity contribution in [2.75, 3.05) is 13.2 Å². The van der Waals surface area contributed by atoms with Gasteiger partial charge in [-0.25, -0.2) is 0 Å². The van der Waals surface area contributed by atoms with Gasteiger partial charge in [-0.1, -0.05) is 6.92 Å². The average Bonchev–Trinajstić information content (AvgIpc) is 2.51. The second-order valence-corrected chi connectivity index (χ2v) is 6.54. The molecule has 0 spiro atoms. The fourth-order valence-corrected chi connectivity index (χ4v) is 3.02. The molecule has 1 aliphatic heterocycles. The van der Waals surface area contributed by atoms with Gasteiger partial charge in [0.15, 0.2) is 12.1 Å². The lowest BCUT2D eigenvalue weighted by atomic mass is 9.84. The van der Waals surface area contributed by atoms with Crippen molar-refractivity contribution in [3.05, 3.63) is 11.1 Å². The van der Waals surface area contributed by atoms with Crippen molar-refractivity contribution in [1.82, 2.24) is 0 Å². The van der Waals surface area contributed by atoms with Crippen molar-refractivity contribution in [2.24, 2.45) is 5.92 Å². The Hall–Kier alpha value is -0.830. The van der Waals surface area contributed by atoms with E-state index >= 15 is 0 Å². The second-order valence-electron chi connectivity index (χ2n) is 6.54. The number of Topliss-reactive ketones (excluding diaryl/α,β-unsaturated/α-hetero) is 1. The van der Waals surface area contributed by atoms with Gasteiger partial charge in [-0.05, 0) is 36.8 Å². The van der Waals surface area contributed by atoms with Gasteiger partial charge >= 0.3 is 0 Å². The summed E-state index contributed by atoms with van der Waals surface area (Å²) in [4.78, 5) is 12.1. The SMILES string of the molecule is C/C(CO[C@@H]1O[C@H](CO)[C@@H](O)[C@H](O)[C@H]1O)=C1/CC[C@@H](C)CC1=O. The minimum atomic E-state index is -1.46. The maximum atomic E-state index is 12.1. The van der Waals surface area contributed by atoms with Crippen LogP contribution >= 0.6 is 0 Å². The largest absolute Gasteiger partial charge is 0.394 e. The first kappa shape index (κ1) is 18.5. The Bertz CT molecular complexity index is 459. The van der Waals surface area contributed by atoms with Crippen molar-refractivity contribution in [2.45, 2.75) is 63.8 Å². The molecular weight excluding hydrogens is 304 g/mol. The normalized spacial score (nSPS) is 41.0. The Morgan fingerprint density at radius 1 is 1.26 bits per heavy atom. The van der Waals surface area contributed by atoms with Crippen molar-refractivity contribution >= 4 is 5.78 Å². The van der Waals surface area contributed by atoms with Crippen LogP contribution in [0.15, 0.2) is 11.1 Å². The quantitative estimate of drug-likeness (QED) is 0.514. The third-order valence-electron chi connectivity index (χ3n) is 4.59. The molecule has 6 atom stereocenters. The third kappa shape index (κ3) is 4.17. The van der Waals surface area contributed by atoms with E-state index in [4.69, 9.17) is 14.6 Å². The highest BCUT2D eigenvalue weighted by atomic mass is 16.7. The summed E-state index contributed by atoms with van der Waals surface area (Å²) in [7, 11) is 0. The first-order valence-electron chi connectivity index (χ1n) is 7.99. The predicted octanol–water partition coefficient (Wildman–Crippen LogP) is -0.492. The maximum absolute atomic E-state index is 12.1. The van der Waals surface area contributed by atoms with E-state index in [1.54, 1.807) is 6.92 Å². The van der Waals surface area contributed by atoms with Gasteiger partial charge in [0.1, 0.15) is 24.4 Å². The molecule has 0 unspecified atom stereocenters. The number of aliphatic hydroxyl groups excluding tert-OH is 4. The molecule has 7 heteroatoms. The molecule has 23 heavy (non-hydrogen) atoms. The fourth-order valence-electron chi connectivity index (χ4n) is 3.02. The molecule has 2 aliphatic rings. The molecular formula is C16H26O7. The van der Waals surface area contributed by atoms with E-state index in [1.165, 1.54) is 0 Å². The number of carbonyl (C=O) groups excluding carboxylic acids is 1. The summed E-state index contributed by atoms with van der Waals surface area (Å²) in [6, 6.07) is 0. The van der Waals surface area contributed by atoms with Crippen LogP contribution in [0.25, 0.3) is 0 Å². The first-order chi connectivity index (χ1) is 10.8. The van der Waals surface area contributed by atoms with E-state index in [0.717, 1.165) is 17.6 Å². The molecule has 132 valence electrons. The minimum absolute atomic E-state index is 0.0815. The number of hydrogen-bond donors (Lipinski definition) is 4. The smallest absolute Gasteiger partial charge is 0.187 e. The molecule has 0 aromatic carbocycles. The third-order valence-corrected chi connectivity index (χ3v) is 4.59. The molecule has 0 amide bonds. The molecule has 0 aromatic rings. The van der Waals surface area contributed by atoms with Crippen LogP contribution in [0.3, 0.4) is 0 Å². The van der Waals surface area contributed by atoms with E-state index in [1.807, 2.05) is 0 Å². The number of ketones is 1. The summed E-state index contributed by atoms with van der Waals surface area (Å²) in [6.45, 7) is 3.43. The molecule has 1 heterocycles. The molecule has 1 saturated heterocycles. The lowest BCUT2D eigenvalue weighted by Crippen LogP contribution is -2.59. The van der Waals surface area contributed by atoms with Gasteiger partial charge in [0.05, 0.1) is 13.2 Å². The molecule has 0 aromatic heterocycles. The van der Waals surface area contributed by atoms with Crippen LogP contribution < -0.4 is 0 Å². The van der Waals surface area contributed by atoms with Crippen LogP contribution in [0.4, 0.5) is 0 Å². The topological polar surface area (TPSA) is 116 Å². The lowest BCUT2D eigenvalue weighted by molar-refractivity contribution is -0.299. The molecule has 0 radical (unpaired) electrons. The number of hydrogen-bond acceptors (Lipinski definition) is 7. The summed E-state index contributed by atoms with van der Waals surface area (Å²) in [5.41, 5.74) is 1.53. The van der Waals surface area contributed by atoms with E-state index < -0.39 is 37.3 Å². The molecule has 7 nitrogen and oxygen atoms in total. The van der Waals surface area contributed by atoms with Gasteiger partial charge in [0, 0.05) is 6.42 Å². The zero-order valence-corrected chi connectivity index (χ0v) is 13.5. The van der Waals surface area contributed by atoms with Gasteiger partial charge in [0.2, 0.25) is 0 Å². The molecule has 2 fully saturated rings. The average molecular weight is 330 g/mol. The van der Waals surface area contributed by atoms with E-state index in [2.05, 4.69) is 6.92 Å². The number of ether oxygens (including phenoxy) is 2. The van der Waals surface area contributed by atoms with E-state index in [-0.39, 0.29) is 12.4 Å². The van der Waals surface area contributed by atoms with Crippen molar-refractivity contribution < 1.29 is 34.7 Å². The van der Waals surface area contributed by atoms with Crippen LogP contribution in [0, 0.1) is 5.92 Å². The molecule has 4 N–H and O–H groups in total. The van der Waals surface area contributed by atoms with E-state index in [0.29, 0.717) is 18.8 Å². The Kier molecular flexibility index (Phi) is 6.30. The summed E-state index contributed by atoms with van der Waals surface area (Å²) >= 11 is 0. The second kappa shape index (κ2) is 7.83. The number of carbonyl (C=O) groups is 1. The first-order valence-corrected chi connectivity index (χ1v) is 7.99. The molecule has 1 saturated carbocycles. The number of allylic oxidation sites excluding steroid dienone is 1. The molecule has 1 aliphatic carbocycles. The Morgan fingerprint density at radius 3 is 2.57 bits per heavy atom. The highest BCUT2D eigenvalue weighted by Gasteiger charge is 2.44. The highest BCUT2D eigenvalue weighted by molar-refractivity contribution is 5.96. The fraction of sp³-hybridized carbons (Fsp3) is 0.812. The van der Waals surface area contributed by atoms with Gasteiger partial charge in [-0.15, -0.1) is 0 Å². The minimum Gasteiger partial charge on any atom is -0.394 e.